The molecule has 0 amide bonds. The number of halogens is 1. The summed E-state index contributed by atoms with van der Waals surface area (Å²) >= 11 is 5.84. The molecule has 2 atom stereocenters. The molecule has 1 fully saturated rings. The smallest absolute Gasteiger partial charge is 0.119 e. The second kappa shape index (κ2) is 7.13. The van der Waals surface area contributed by atoms with Gasteiger partial charge in [-0.25, -0.2) is 0 Å². The Morgan fingerprint density at radius 3 is 2.79 bits per heavy atom. The highest BCUT2D eigenvalue weighted by atomic mass is 35.5. The summed E-state index contributed by atoms with van der Waals surface area (Å²) in [6, 6.07) is 8.01. The maximum Gasteiger partial charge on any atom is 0.119 e. The van der Waals surface area contributed by atoms with Gasteiger partial charge in [0.1, 0.15) is 12.4 Å². The lowest BCUT2D eigenvalue weighted by atomic mass is 9.91. The summed E-state index contributed by atoms with van der Waals surface area (Å²) in [6.45, 7) is 5.81. The zero-order valence-corrected chi connectivity index (χ0v) is 12.3. The van der Waals surface area contributed by atoms with Crippen LogP contribution in [0.25, 0.3) is 0 Å². The lowest BCUT2D eigenvalue weighted by Gasteiger charge is -2.39. The average Bonchev–Trinajstić information content (AvgIpc) is 2.41. The third kappa shape index (κ3) is 4.10. The first-order valence-corrected chi connectivity index (χ1v) is 7.41. The van der Waals surface area contributed by atoms with Crippen molar-refractivity contribution in [2.24, 2.45) is 11.7 Å². The van der Waals surface area contributed by atoms with Crippen molar-refractivity contribution in [3.05, 3.63) is 29.3 Å². The summed E-state index contributed by atoms with van der Waals surface area (Å²) in [5.41, 5.74) is 5.89. The maximum atomic E-state index is 5.89. The monoisotopic (exact) mass is 282 g/mol. The molecule has 1 aromatic carbocycles. The van der Waals surface area contributed by atoms with Gasteiger partial charge < -0.3 is 10.5 Å². The first-order valence-electron chi connectivity index (χ1n) is 7.03. The zero-order valence-electron chi connectivity index (χ0n) is 11.5. The van der Waals surface area contributed by atoms with Crippen molar-refractivity contribution in [3.8, 4) is 5.75 Å². The molecule has 0 aliphatic carbocycles. The normalized spacial score (nSPS) is 24.4. The van der Waals surface area contributed by atoms with E-state index in [0.717, 1.165) is 30.4 Å². The largest absolute Gasteiger partial charge is 0.492 e. The molecule has 3 nitrogen and oxygen atoms in total. The second-order valence-corrected chi connectivity index (χ2v) is 5.70. The van der Waals surface area contributed by atoms with Crippen LogP contribution >= 0.6 is 11.6 Å². The number of piperidine rings is 1. The van der Waals surface area contributed by atoms with E-state index in [1.807, 2.05) is 24.3 Å². The van der Waals surface area contributed by atoms with E-state index in [2.05, 4.69) is 11.8 Å². The minimum absolute atomic E-state index is 0.502. The van der Waals surface area contributed by atoms with Gasteiger partial charge in [-0.15, -0.1) is 0 Å². The van der Waals surface area contributed by atoms with E-state index in [-0.39, 0.29) is 0 Å². The predicted molar refractivity (Wildman–Crippen MR) is 79.8 cm³/mol. The van der Waals surface area contributed by atoms with Crippen LogP contribution in [0.4, 0.5) is 0 Å². The fourth-order valence-corrected chi connectivity index (χ4v) is 2.93. The highest BCUT2D eigenvalue weighted by Gasteiger charge is 2.26. The third-order valence-corrected chi connectivity index (χ3v) is 4.18. The summed E-state index contributed by atoms with van der Waals surface area (Å²) in [6.07, 6.45) is 2.55. The number of hydrogen-bond donors (Lipinski definition) is 1. The van der Waals surface area contributed by atoms with Crippen LogP contribution in [0.5, 0.6) is 5.75 Å². The minimum atomic E-state index is 0.502. The molecule has 0 bridgehead atoms. The van der Waals surface area contributed by atoms with Crippen LogP contribution < -0.4 is 10.5 Å². The van der Waals surface area contributed by atoms with Crippen LogP contribution in [-0.4, -0.2) is 37.2 Å². The van der Waals surface area contributed by atoms with Gasteiger partial charge >= 0.3 is 0 Å². The lowest BCUT2D eigenvalue weighted by Crippen LogP contribution is -2.49. The quantitative estimate of drug-likeness (QED) is 0.902. The fourth-order valence-electron chi connectivity index (χ4n) is 2.81. The van der Waals surface area contributed by atoms with Crippen molar-refractivity contribution in [1.29, 1.82) is 0 Å². The van der Waals surface area contributed by atoms with Crippen molar-refractivity contribution in [2.45, 2.75) is 25.8 Å². The molecule has 1 aromatic rings. The Morgan fingerprint density at radius 2 is 2.11 bits per heavy atom. The van der Waals surface area contributed by atoms with E-state index in [9.17, 15) is 0 Å². The number of nitrogens with two attached hydrogens (primary N) is 1. The molecule has 2 rings (SSSR count). The Morgan fingerprint density at radius 1 is 1.37 bits per heavy atom. The van der Waals surface area contributed by atoms with Crippen molar-refractivity contribution in [1.82, 2.24) is 4.90 Å². The number of benzene rings is 1. The van der Waals surface area contributed by atoms with Gasteiger partial charge in [-0.3, -0.25) is 4.90 Å². The Bertz CT molecular complexity index is 382. The Balaban J connectivity index is 1.79. The second-order valence-electron chi connectivity index (χ2n) is 5.26. The van der Waals surface area contributed by atoms with Gasteiger partial charge in [-0.1, -0.05) is 18.5 Å². The maximum absolute atomic E-state index is 5.89. The number of likely N-dealkylation sites (tertiary alicyclic amines) is 1. The summed E-state index contributed by atoms with van der Waals surface area (Å²) in [7, 11) is 0. The van der Waals surface area contributed by atoms with E-state index in [1.165, 1.54) is 12.8 Å². The molecule has 1 saturated heterocycles. The molecule has 0 spiro atoms. The summed E-state index contributed by atoms with van der Waals surface area (Å²) in [5, 5.41) is 0.736. The van der Waals surface area contributed by atoms with Gasteiger partial charge in [0.2, 0.25) is 0 Å². The highest BCUT2D eigenvalue weighted by Crippen LogP contribution is 2.22. The molecule has 19 heavy (non-hydrogen) atoms. The van der Waals surface area contributed by atoms with Crippen LogP contribution in [0.3, 0.4) is 0 Å². The highest BCUT2D eigenvalue weighted by molar-refractivity contribution is 6.30. The Hall–Kier alpha value is -0.770. The van der Waals surface area contributed by atoms with Crippen LogP contribution in [-0.2, 0) is 0 Å². The number of nitrogens with zero attached hydrogens (tertiary/aromatic N) is 1. The molecule has 2 unspecified atom stereocenters. The molecule has 0 radical (unpaired) electrons. The van der Waals surface area contributed by atoms with Gasteiger partial charge in [0.25, 0.3) is 0 Å². The molecular formula is C15H23ClN2O. The van der Waals surface area contributed by atoms with Gasteiger partial charge in [-0.2, -0.15) is 0 Å². The number of rotatable bonds is 5. The third-order valence-electron chi connectivity index (χ3n) is 3.93. The van der Waals surface area contributed by atoms with Crippen LogP contribution in [0.15, 0.2) is 24.3 Å². The van der Waals surface area contributed by atoms with Gasteiger partial charge in [0.15, 0.2) is 0 Å². The summed E-state index contributed by atoms with van der Waals surface area (Å²) in [5.74, 6) is 1.56. The molecule has 4 heteroatoms. The predicted octanol–water partition coefficient (Wildman–Crippen LogP) is 2.78. The van der Waals surface area contributed by atoms with E-state index < -0.39 is 0 Å². The van der Waals surface area contributed by atoms with Crippen molar-refractivity contribution in [2.75, 3.05) is 26.2 Å². The van der Waals surface area contributed by atoms with Gasteiger partial charge in [0.05, 0.1) is 0 Å². The fraction of sp³-hybridized carbons (Fsp3) is 0.600. The van der Waals surface area contributed by atoms with Crippen molar-refractivity contribution in [3.63, 3.8) is 0 Å². The molecule has 106 valence electrons. The summed E-state index contributed by atoms with van der Waals surface area (Å²) in [4.78, 5) is 2.46. The van der Waals surface area contributed by atoms with Crippen molar-refractivity contribution >= 4 is 11.6 Å². The van der Waals surface area contributed by atoms with Crippen LogP contribution in [0.1, 0.15) is 19.8 Å². The van der Waals surface area contributed by atoms with Crippen molar-refractivity contribution < 1.29 is 4.74 Å². The molecule has 2 N–H and O–H groups in total. The van der Waals surface area contributed by atoms with Gasteiger partial charge in [-0.05, 0) is 49.6 Å². The molecule has 0 saturated carbocycles. The first-order chi connectivity index (χ1) is 9.20. The SMILES string of the molecule is CC1CCCN(CCOc2ccc(Cl)cc2)C1CN. The number of hydrogen-bond acceptors (Lipinski definition) is 3. The number of ether oxygens (including phenoxy) is 1. The first kappa shape index (κ1) is 14.6. The summed E-state index contributed by atoms with van der Waals surface area (Å²) < 4.78 is 5.75. The van der Waals surface area contributed by atoms with Gasteiger partial charge in [0, 0.05) is 24.2 Å². The molecule has 1 heterocycles. The Kier molecular flexibility index (Phi) is 5.49. The molecule has 0 aromatic heterocycles. The van der Waals surface area contributed by atoms with E-state index >= 15 is 0 Å². The average molecular weight is 283 g/mol. The Labute approximate surface area is 120 Å². The van der Waals surface area contributed by atoms with E-state index in [1.54, 1.807) is 0 Å². The van der Waals surface area contributed by atoms with E-state index in [4.69, 9.17) is 22.1 Å². The van der Waals surface area contributed by atoms with Crippen LogP contribution in [0.2, 0.25) is 5.02 Å². The molecule has 1 aliphatic rings. The van der Waals surface area contributed by atoms with Crippen LogP contribution in [0, 0.1) is 5.92 Å². The standard InChI is InChI=1S/C15H23ClN2O/c1-12-3-2-8-18(15(12)11-17)9-10-19-14-6-4-13(16)5-7-14/h4-7,12,15H,2-3,8-11,17H2,1H3. The molecule has 1 aliphatic heterocycles. The minimum Gasteiger partial charge on any atom is -0.492 e. The molecular weight excluding hydrogens is 260 g/mol. The lowest BCUT2D eigenvalue weighted by molar-refractivity contribution is 0.0895. The van der Waals surface area contributed by atoms with E-state index in [0.29, 0.717) is 18.6 Å². The topological polar surface area (TPSA) is 38.5 Å². The zero-order chi connectivity index (χ0) is 13.7.